The van der Waals surface area contributed by atoms with E-state index in [0.29, 0.717) is 12.6 Å². The van der Waals surface area contributed by atoms with Crippen molar-refractivity contribution in [2.24, 2.45) is 4.99 Å². The van der Waals surface area contributed by atoms with Gasteiger partial charge in [0.1, 0.15) is 0 Å². The number of hydrogen-bond acceptors (Lipinski definition) is 3. The minimum atomic E-state index is 0. The molecule has 1 aliphatic rings. The van der Waals surface area contributed by atoms with Crippen LogP contribution in [0.4, 0.5) is 0 Å². The van der Waals surface area contributed by atoms with Crippen LogP contribution in [0.25, 0.3) is 0 Å². The molecule has 0 saturated heterocycles. The highest BCUT2D eigenvalue weighted by atomic mass is 127. The van der Waals surface area contributed by atoms with Crippen LogP contribution in [0.5, 0.6) is 0 Å². The normalized spacial score (nSPS) is 15.4. The third-order valence-electron chi connectivity index (χ3n) is 2.76. The lowest BCUT2D eigenvalue weighted by Gasteiger charge is -2.16. The van der Waals surface area contributed by atoms with E-state index in [4.69, 9.17) is 0 Å². The van der Waals surface area contributed by atoms with Gasteiger partial charge in [-0.1, -0.05) is 12.2 Å². The third kappa shape index (κ3) is 5.48. The standard InChI is InChI=1S/C13H20N4S.HI/c1-3-14-13(17-11-6-4-5-7-11)16-9-12-8-15-10(2)18-12;/h4-5,8,11H,3,6-7,9H2,1-2H3,(H2,14,16,17);1H. The molecule has 1 heterocycles. The highest BCUT2D eigenvalue weighted by molar-refractivity contribution is 14.0. The maximum absolute atomic E-state index is 4.60. The lowest BCUT2D eigenvalue weighted by atomic mass is 10.2. The van der Waals surface area contributed by atoms with Crippen molar-refractivity contribution in [3.63, 3.8) is 0 Å². The summed E-state index contributed by atoms with van der Waals surface area (Å²) in [6.07, 6.45) is 8.51. The van der Waals surface area contributed by atoms with Gasteiger partial charge in [-0.2, -0.15) is 0 Å². The van der Waals surface area contributed by atoms with Crippen LogP contribution in [0, 0.1) is 6.92 Å². The lowest BCUT2D eigenvalue weighted by molar-refractivity contribution is 0.633. The smallest absolute Gasteiger partial charge is 0.191 e. The second-order valence-electron chi connectivity index (χ2n) is 4.32. The average Bonchev–Trinajstić information content (AvgIpc) is 2.98. The first-order chi connectivity index (χ1) is 8.78. The van der Waals surface area contributed by atoms with Gasteiger partial charge in [0.15, 0.2) is 5.96 Å². The molecule has 0 aromatic carbocycles. The molecule has 0 unspecified atom stereocenters. The summed E-state index contributed by atoms with van der Waals surface area (Å²) in [6.45, 7) is 5.68. The van der Waals surface area contributed by atoms with Gasteiger partial charge in [0.2, 0.25) is 0 Å². The number of thiazole rings is 1. The van der Waals surface area contributed by atoms with E-state index in [1.54, 1.807) is 11.3 Å². The summed E-state index contributed by atoms with van der Waals surface area (Å²) in [4.78, 5) is 10.0. The Bertz CT molecular complexity index is 434. The summed E-state index contributed by atoms with van der Waals surface area (Å²) in [5.74, 6) is 0.900. The van der Waals surface area contributed by atoms with Crippen LogP contribution < -0.4 is 10.6 Å². The number of nitrogens with one attached hydrogen (secondary N) is 2. The maximum atomic E-state index is 4.60. The molecule has 0 amide bonds. The van der Waals surface area contributed by atoms with Gasteiger partial charge in [-0.15, -0.1) is 35.3 Å². The van der Waals surface area contributed by atoms with Gasteiger partial charge >= 0.3 is 0 Å². The number of halogens is 1. The van der Waals surface area contributed by atoms with Crippen molar-refractivity contribution in [2.75, 3.05) is 6.54 Å². The predicted molar refractivity (Wildman–Crippen MR) is 92.4 cm³/mol. The second-order valence-corrected chi connectivity index (χ2v) is 5.64. The van der Waals surface area contributed by atoms with E-state index in [1.807, 2.05) is 13.1 Å². The van der Waals surface area contributed by atoms with Gasteiger partial charge in [0.05, 0.1) is 11.6 Å². The van der Waals surface area contributed by atoms with Crippen molar-refractivity contribution in [3.05, 3.63) is 28.2 Å². The van der Waals surface area contributed by atoms with E-state index in [1.165, 1.54) is 4.88 Å². The summed E-state index contributed by atoms with van der Waals surface area (Å²) < 4.78 is 0. The average molecular weight is 392 g/mol. The quantitative estimate of drug-likeness (QED) is 0.359. The molecule has 0 fully saturated rings. The molecule has 0 radical (unpaired) electrons. The number of aromatic nitrogens is 1. The van der Waals surface area contributed by atoms with E-state index in [0.717, 1.165) is 30.4 Å². The van der Waals surface area contributed by atoms with Crippen LogP contribution in [0.3, 0.4) is 0 Å². The Morgan fingerprint density at radius 1 is 1.47 bits per heavy atom. The zero-order chi connectivity index (χ0) is 12.8. The van der Waals surface area contributed by atoms with Crippen LogP contribution in [-0.2, 0) is 6.54 Å². The number of rotatable bonds is 4. The number of hydrogen-bond donors (Lipinski definition) is 2. The molecule has 1 aromatic heterocycles. The molecular weight excluding hydrogens is 371 g/mol. The van der Waals surface area contributed by atoms with Crippen molar-refractivity contribution in [1.82, 2.24) is 15.6 Å². The van der Waals surface area contributed by atoms with E-state index in [-0.39, 0.29) is 24.0 Å². The molecule has 4 nitrogen and oxygen atoms in total. The second kappa shape index (κ2) is 8.52. The zero-order valence-corrected chi connectivity index (χ0v) is 14.5. The number of guanidine groups is 1. The molecule has 0 aliphatic heterocycles. The number of aryl methyl sites for hydroxylation is 1. The summed E-state index contributed by atoms with van der Waals surface area (Å²) in [5.41, 5.74) is 0. The summed E-state index contributed by atoms with van der Waals surface area (Å²) in [6, 6.07) is 0.492. The number of nitrogens with zero attached hydrogens (tertiary/aromatic N) is 2. The van der Waals surface area contributed by atoms with Crippen molar-refractivity contribution in [2.45, 2.75) is 39.3 Å². The van der Waals surface area contributed by atoms with E-state index < -0.39 is 0 Å². The molecule has 1 aliphatic carbocycles. The Morgan fingerprint density at radius 3 is 2.79 bits per heavy atom. The van der Waals surface area contributed by atoms with E-state index in [2.05, 4.69) is 39.7 Å². The van der Waals surface area contributed by atoms with Crippen molar-refractivity contribution in [3.8, 4) is 0 Å². The summed E-state index contributed by atoms with van der Waals surface area (Å²) in [7, 11) is 0. The van der Waals surface area contributed by atoms with Gasteiger partial charge in [-0.05, 0) is 26.7 Å². The van der Waals surface area contributed by atoms with Crippen molar-refractivity contribution in [1.29, 1.82) is 0 Å². The summed E-state index contributed by atoms with van der Waals surface area (Å²) in [5, 5.41) is 7.83. The largest absolute Gasteiger partial charge is 0.357 e. The SMILES string of the molecule is CCNC(=NCc1cnc(C)s1)NC1CC=CC1.I. The molecular formula is C13H21IN4S. The van der Waals surface area contributed by atoms with Gasteiger partial charge in [0.25, 0.3) is 0 Å². The van der Waals surface area contributed by atoms with Gasteiger partial charge in [-0.3, -0.25) is 0 Å². The van der Waals surface area contributed by atoms with Gasteiger partial charge in [-0.25, -0.2) is 9.98 Å². The van der Waals surface area contributed by atoms with Crippen LogP contribution in [-0.4, -0.2) is 23.5 Å². The first-order valence-corrected chi connectivity index (χ1v) is 7.20. The van der Waals surface area contributed by atoms with E-state index in [9.17, 15) is 0 Å². The Balaban J connectivity index is 0.00000180. The Hall–Kier alpha value is -0.630. The molecule has 2 N–H and O–H groups in total. The molecule has 0 bridgehead atoms. The monoisotopic (exact) mass is 392 g/mol. The molecule has 6 heteroatoms. The molecule has 0 spiro atoms. The first kappa shape index (κ1) is 16.4. The first-order valence-electron chi connectivity index (χ1n) is 6.39. The lowest BCUT2D eigenvalue weighted by Crippen LogP contribution is -2.42. The molecule has 0 saturated carbocycles. The van der Waals surface area contributed by atoms with Gasteiger partial charge in [0, 0.05) is 23.7 Å². The topological polar surface area (TPSA) is 49.3 Å². The fraction of sp³-hybridized carbons (Fsp3) is 0.538. The molecule has 2 rings (SSSR count). The molecule has 19 heavy (non-hydrogen) atoms. The van der Waals surface area contributed by atoms with Crippen LogP contribution >= 0.6 is 35.3 Å². The molecule has 106 valence electrons. The predicted octanol–water partition coefficient (Wildman–Crippen LogP) is 2.84. The Kier molecular flexibility index (Phi) is 7.37. The maximum Gasteiger partial charge on any atom is 0.191 e. The Morgan fingerprint density at radius 2 is 2.21 bits per heavy atom. The van der Waals surface area contributed by atoms with Crippen LogP contribution in [0.15, 0.2) is 23.3 Å². The highest BCUT2D eigenvalue weighted by Gasteiger charge is 2.11. The molecule has 0 atom stereocenters. The third-order valence-corrected chi connectivity index (χ3v) is 3.65. The van der Waals surface area contributed by atoms with Crippen LogP contribution in [0.1, 0.15) is 29.7 Å². The number of aliphatic imine (C=N–C) groups is 1. The van der Waals surface area contributed by atoms with Crippen molar-refractivity contribution < 1.29 is 0 Å². The Labute approximate surface area is 135 Å². The molecule has 1 aromatic rings. The van der Waals surface area contributed by atoms with Crippen LogP contribution in [0.2, 0.25) is 0 Å². The zero-order valence-electron chi connectivity index (χ0n) is 11.3. The minimum absolute atomic E-state index is 0. The summed E-state index contributed by atoms with van der Waals surface area (Å²) >= 11 is 1.70. The fourth-order valence-electron chi connectivity index (χ4n) is 1.88. The fourth-order valence-corrected chi connectivity index (χ4v) is 2.60. The van der Waals surface area contributed by atoms with E-state index >= 15 is 0 Å². The minimum Gasteiger partial charge on any atom is -0.357 e. The van der Waals surface area contributed by atoms with Gasteiger partial charge < -0.3 is 10.6 Å². The highest BCUT2D eigenvalue weighted by Crippen LogP contribution is 2.12. The van der Waals surface area contributed by atoms with Crippen molar-refractivity contribution >= 4 is 41.3 Å².